The summed E-state index contributed by atoms with van der Waals surface area (Å²) in [6.07, 6.45) is 6.52. The minimum atomic E-state index is 0.620. The predicted molar refractivity (Wildman–Crippen MR) is 39.2 cm³/mol. The Hall–Kier alpha value is -1.11. The second-order valence-electron chi connectivity index (χ2n) is 1.55. The monoisotopic (exact) mass is 122 g/mol. The fraction of sp³-hybridized carbons (Fsp3) is 0.125. The molecule has 0 saturated carbocycles. The first-order valence-corrected chi connectivity index (χ1v) is 2.73. The molecule has 0 aromatic heterocycles. The number of hydrogen-bond donors (Lipinski definition) is 0. The van der Waals surface area contributed by atoms with Crippen LogP contribution in [0.1, 0.15) is 6.42 Å². The van der Waals surface area contributed by atoms with Crippen LogP contribution in [0.25, 0.3) is 0 Å². The number of carbonyl (C=O) groups excluding carboxylic acids is 1. The Morgan fingerprint density at radius 1 is 1.44 bits per heavy atom. The van der Waals surface area contributed by atoms with Crippen LogP contribution < -0.4 is 0 Å². The summed E-state index contributed by atoms with van der Waals surface area (Å²) in [4.78, 5) is 10.1. The second kappa shape index (κ2) is 5.04. The van der Waals surface area contributed by atoms with Gasteiger partial charge in [0.2, 0.25) is 0 Å². The summed E-state index contributed by atoms with van der Waals surface area (Å²) in [5.74, 6) is 0. The van der Waals surface area contributed by atoms with E-state index in [1.165, 1.54) is 6.08 Å². The van der Waals surface area contributed by atoms with Crippen molar-refractivity contribution in [3.8, 4) is 0 Å². The number of allylic oxidation sites excluding steroid dienone is 4. The summed E-state index contributed by atoms with van der Waals surface area (Å²) < 4.78 is 0. The molecule has 1 heteroatoms. The lowest BCUT2D eigenvalue weighted by Gasteiger charge is -1.83. The number of aldehydes is 1. The van der Waals surface area contributed by atoms with Crippen LogP contribution >= 0.6 is 0 Å². The van der Waals surface area contributed by atoms with E-state index >= 15 is 0 Å². The highest BCUT2D eigenvalue weighted by molar-refractivity contribution is 5.77. The molecule has 0 aromatic rings. The summed E-state index contributed by atoms with van der Waals surface area (Å²) in [5, 5.41) is 0. The first kappa shape index (κ1) is 7.89. The molecule has 0 N–H and O–H groups in total. The maximum absolute atomic E-state index is 10.1. The topological polar surface area (TPSA) is 17.1 Å². The highest BCUT2D eigenvalue weighted by atomic mass is 16.1. The van der Waals surface area contributed by atoms with Gasteiger partial charge < -0.3 is 0 Å². The number of hydrogen-bond acceptors (Lipinski definition) is 1. The van der Waals surface area contributed by atoms with Crippen molar-refractivity contribution < 1.29 is 4.79 Å². The Balaban J connectivity index is 3.89. The van der Waals surface area contributed by atoms with Gasteiger partial charge in [-0.25, -0.2) is 0 Å². The lowest BCUT2D eigenvalue weighted by molar-refractivity contribution is -0.104. The molecule has 0 radical (unpaired) electrons. The van der Waals surface area contributed by atoms with Crippen molar-refractivity contribution in [3.63, 3.8) is 0 Å². The Morgan fingerprint density at radius 2 is 2.11 bits per heavy atom. The molecule has 0 atom stereocenters. The molecule has 0 heterocycles. The first-order chi connectivity index (χ1) is 4.35. The molecule has 48 valence electrons. The standard InChI is InChI=1S/C8H10O/c1-3-5-6-8(4-2)7-9/h3-4,6-7H,1-2,5H2/b8-6+. The lowest BCUT2D eigenvalue weighted by atomic mass is 10.2. The van der Waals surface area contributed by atoms with Gasteiger partial charge in [-0.2, -0.15) is 0 Å². The fourth-order valence-corrected chi connectivity index (χ4v) is 0.399. The van der Waals surface area contributed by atoms with Gasteiger partial charge in [-0.1, -0.05) is 24.8 Å². The van der Waals surface area contributed by atoms with Crippen LogP contribution in [0, 0.1) is 0 Å². The summed E-state index contributed by atoms with van der Waals surface area (Å²) in [5.41, 5.74) is 0.620. The minimum Gasteiger partial charge on any atom is -0.298 e. The highest BCUT2D eigenvalue weighted by Gasteiger charge is 1.81. The number of rotatable bonds is 4. The van der Waals surface area contributed by atoms with E-state index in [2.05, 4.69) is 13.2 Å². The van der Waals surface area contributed by atoms with Crippen molar-refractivity contribution in [3.05, 3.63) is 37.0 Å². The van der Waals surface area contributed by atoms with Crippen LogP contribution in [0.15, 0.2) is 37.0 Å². The van der Waals surface area contributed by atoms with Gasteiger partial charge in [0, 0.05) is 5.57 Å². The zero-order chi connectivity index (χ0) is 7.11. The average molecular weight is 122 g/mol. The summed E-state index contributed by atoms with van der Waals surface area (Å²) in [7, 11) is 0. The zero-order valence-electron chi connectivity index (χ0n) is 5.34. The van der Waals surface area contributed by atoms with Crippen LogP contribution in [0.5, 0.6) is 0 Å². The quantitative estimate of drug-likeness (QED) is 0.241. The molecule has 0 amide bonds. The SMILES string of the molecule is C=CC/C=C(\C=C)C=O. The van der Waals surface area contributed by atoms with Gasteiger partial charge in [0.1, 0.15) is 6.29 Å². The Kier molecular flexibility index (Phi) is 4.41. The highest BCUT2D eigenvalue weighted by Crippen LogP contribution is 1.93. The number of carbonyl (C=O) groups is 1. The molecule has 0 aliphatic rings. The Bertz CT molecular complexity index is 133. The molecule has 0 aliphatic heterocycles. The van der Waals surface area contributed by atoms with Gasteiger partial charge in [-0.3, -0.25) is 4.79 Å². The summed E-state index contributed by atoms with van der Waals surface area (Å²) >= 11 is 0. The summed E-state index contributed by atoms with van der Waals surface area (Å²) in [6, 6.07) is 0. The molecule has 0 rings (SSSR count). The van der Waals surface area contributed by atoms with Gasteiger partial charge in [0.15, 0.2) is 0 Å². The van der Waals surface area contributed by atoms with E-state index in [0.29, 0.717) is 5.57 Å². The molecule has 0 spiro atoms. The summed E-state index contributed by atoms with van der Waals surface area (Å²) in [6.45, 7) is 6.96. The minimum absolute atomic E-state index is 0.620. The molecule has 0 aromatic carbocycles. The molecule has 0 saturated heterocycles. The third kappa shape index (κ3) is 3.47. The van der Waals surface area contributed by atoms with Crippen molar-refractivity contribution >= 4 is 6.29 Å². The van der Waals surface area contributed by atoms with Gasteiger partial charge in [-0.05, 0) is 6.42 Å². The van der Waals surface area contributed by atoms with E-state index in [1.54, 1.807) is 12.2 Å². The Morgan fingerprint density at radius 3 is 2.44 bits per heavy atom. The van der Waals surface area contributed by atoms with E-state index in [9.17, 15) is 4.79 Å². The molecule has 0 aliphatic carbocycles. The molecule has 0 unspecified atom stereocenters. The Labute approximate surface area is 55.4 Å². The van der Waals surface area contributed by atoms with Crippen LogP contribution in [0.3, 0.4) is 0 Å². The molecule has 0 bridgehead atoms. The normalized spacial score (nSPS) is 10.4. The van der Waals surface area contributed by atoms with Crippen LogP contribution in [0.4, 0.5) is 0 Å². The van der Waals surface area contributed by atoms with Crippen LogP contribution in [-0.2, 0) is 4.79 Å². The van der Waals surface area contributed by atoms with E-state index in [4.69, 9.17) is 0 Å². The fourth-order valence-electron chi connectivity index (χ4n) is 0.399. The van der Waals surface area contributed by atoms with Gasteiger partial charge in [0.25, 0.3) is 0 Å². The molecule has 1 nitrogen and oxygen atoms in total. The van der Waals surface area contributed by atoms with Crippen molar-refractivity contribution in [2.75, 3.05) is 0 Å². The van der Waals surface area contributed by atoms with Crippen molar-refractivity contribution in [1.29, 1.82) is 0 Å². The maximum Gasteiger partial charge on any atom is 0.149 e. The van der Waals surface area contributed by atoms with Crippen LogP contribution in [0.2, 0.25) is 0 Å². The third-order valence-electron chi connectivity index (χ3n) is 0.892. The van der Waals surface area contributed by atoms with Crippen molar-refractivity contribution in [2.45, 2.75) is 6.42 Å². The molecule has 0 fully saturated rings. The van der Waals surface area contributed by atoms with Crippen LogP contribution in [-0.4, -0.2) is 6.29 Å². The second-order valence-corrected chi connectivity index (χ2v) is 1.55. The van der Waals surface area contributed by atoms with Crippen molar-refractivity contribution in [2.24, 2.45) is 0 Å². The first-order valence-electron chi connectivity index (χ1n) is 2.73. The maximum atomic E-state index is 10.1. The zero-order valence-corrected chi connectivity index (χ0v) is 5.34. The van der Waals surface area contributed by atoms with Gasteiger partial charge in [0.05, 0.1) is 0 Å². The van der Waals surface area contributed by atoms with Gasteiger partial charge >= 0.3 is 0 Å². The average Bonchev–Trinajstić information content (AvgIpc) is 1.91. The molecular formula is C8H10O. The predicted octanol–water partition coefficient (Wildman–Crippen LogP) is 1.87. The van der Waals surface area contributed by atoms with E-state index in [1.807, 2.05) is 0 Å². The largest absolute Gasteiger partial charge is 0.298 e. The third-order valence-corrected chi connectivity index (χ3v) is 0.892. The van der Waals surface area contributed by atoms with Crippen molar-refractivity contribution in [1.82, 2.24) is 0 Å². The smallest absolute Gasteiger partial charge is 0.149 e. The molecule has 9 heavy (non-hydrogen) atoms. The van der Waals surface area contributed by atoms with E-state index < -0.39 is 0 Å². The van der Waals surface area contributed by atoms with E-state index in [0.717, 1.165) is 12.7 Å². The van der Waals surface area contributed by atoms with Gasteiger partial charge in [-0.15, -0.1) is 6.58 Å². The van der Waals surface area contributed by atoms with E-state index in [-0.39, 0.29) is 0 Å². The molecular weight excluding hydrogens is 112 g/mol. The lowest BCUT2D eigenvalue weighted by Crippen LogP contribution is -1.75.